The van der Waals surface area contributed by atoms with Crippen molar-refractivity contribution in [3.63, 3.8) is 0 Å². The number of hydrogen-bond donors (Lipinski definition) is 1. The third-order valence-corrected chi connectivity index (χ3v) is 5.12. The number of nitrogens with zero attached hydrogens (tertiary/aromatic N) is 1. The van der Waals surface area contributed by atoms with Crippen LogP contribution in [0.25, 0.3) is 0 Å². The Kier molecular flexibility index (Phi) is 4.25. The van der Waals surface area contributed by atoms with Gasteiger partial charge in [0.2, 0.25) is 5.91 Å². The Hall–Kier alpha value is -1.75. The maximum Gasteiger partial charge on any atom is 0.227 e. The highest BCUT2D eigenvalue weighted by molar-refractivity contribution is 5.80. The molecule has 22 heavy (non-hydrogen) atoms. The second-order valence-electron chi connectivity index (χ2n) is 6.28. The van der Waals surface area contributed by atoms with Crippen LogP contribution >= 0.6 is 0 Å². The lowest BCUT2D eigenvalue weighted by atomic mass is 9.98. The average Bonchev–Trinajstić information content (AvgIpc) is 3.10. The number of methoxy groups -OCH3 is 2. The molecular weight excluding hydrogens is 280 g/mol. The van der Waals surface area contributed by atoms with Gasteiger partial charge in [-0.05, 0) is 36.8 Å². The van der Waals surface area contributed by atoms with Crippen molar-refractivity contribution in [1.29, 1.82) is 0 Å². The van der Waals surface area contributed by atoms with E-state index < -0.39 is 0 Å². The molecule has 0 bridgehead atoms. The number of likely N-dealkylation sites (tertiary alicyclic amines) is 1. The van der Waals surface area contributed by atoms with Gasteiger partial charge in [-0.2, -0.15) is 0 Å². The molecule has 2 fully saturated rings. The molecule has 1 heterocycles. The van der Waals surface area contributed by atoms with Gasteiger partial charge in [0.1, 0.15) is 11.5 Å². The highest BCUT2D eigenvalue weighted by Gasteiger charge is 2.42. The molecule has 0 radical (unpaired) electrons. The first-order valence-corrected chi connectivity index (χ1v) is 7.87. The number of ether oxygens (including phenoxy) is 2. The van der Waals surface area contributed by atoms with Crippen molar-refractivity contribution in [2.45, 2.75) is 25.3 Å². The van der Waals surface area contributed by atoms with Crippen LogP contribution in [-0.2, 0) is 11.2 Å². The zero-order chi connectivity index (χ0) is 15.7. The van der Waals surface area contributed by atoms with Gasteiger partial charge in [-0.15, -0.1) is 0 Å². The Labute approximate surface area is 131 Å². The van der Waals surface area contributed by atoms with Gasteiger partial charge >= 0.3 is 0 Å². The summed E-state index contributed by atoms with van der Waals surface area (Å²) in [7, 11) is 3.23. The second-order valence-corrected chi connectivity index (χ2v) is 6.28. The molecule has 1 saturated carbocycles. The molecular formula is C17H24N2O3. The fraction of sp³-hybridized carbons (Fsp3) is 0.588. The first-order chi connectivity index (χ1) is 10.6. The molecule has 0 aromatic heterocycles. The van der Waals surface area contributed by atoms with Crippen LogP contribution in [0.5, 0.6) is 11.5 Å². The van der Waals surface area contributed by atoms with Gasteiger partial charge in [-0.1, -0.05) is 6.07 Å². The van der Waals surface area contributed by atoms with Gasteiger partial charge in [0.25, 0.3) is 0 Å². The zero-order valence-electron chi connectivity index (χ0n) is 13.2. The maximum absolute atomic E-state index is 12.7. The van der Waals surface area contributed by atoms with E-state index in [1.807, 2.05) is 23.1 Å². The number of carbonyl (C=O) groups excluding carboxylic acids is 1. The lowest BCUT2D eigenvalue weighted by molar-refractivity contribution is -0.129. The monoisotopic (exact) mass is 304 g/mol. The Morgan fingerprint density at radius 3 is 2.50 bits per heavy atom. The van der Waals surface area contributed by atoms with Crippen LogP contribution < -0.4 is 15.2 Å². The minimum absolute atomic E-state index is 0.129. The van der Waals surface area contributed by atoms with Crippen molar-refractivity contribution in [3.05, 3.63) is 23.8 Å². The van der Waals surface area contributed by atoms with Crippen molar-refractivity contribution in [3.8, 4) is 11.5 Å². The molecule has 5 heteroatoms. The molecule has 0 spiro atoms. The van der Waals surface area contributed by atoms with Gasteiger partial charge in [0.05, 0.1) is 20.6 Å². The molecule has 120 valence electrons. The molecule has 3 rings (SSSR count). The van der Waals surface area contributed by atoms with Crippen LogP contribution in [0.4, 0.5) is 0 Å². The molecule has 1 aromatic rings. The molecule has 2 aliphatic rings. The quantitative estimate of drug-likeness (QED) is 0.914. The summed E-state index contributed by atoms with van der Waals surface area (Å²) in [6.45, 7) is 1.64. The Morgan fingerprint density at radius 2 is 1.91 bits per heavy atom. The number of nitrogens with two attached hydrogens (primary N) is 1. The molecule has 5 nitrogen and oxygen atoms in total. The van der Waals surface area contributed by atoms with Crippen LogP contribution in [0.1, 0.15) is 18.4 Å². The van der Waals surface area contributed by atoms with E-state index in [1.54, 1.807) is 14.2 Å². The van der Waals surface area contributed by atoms with E-state index >= 15 is 0 Å². The topological polar surface area (TPSA) is 64.8 Å². The highest BCUT2D eigenvalue weighted by Crippen LogP contribution is 2.38. The molecule has 1 amide bonds. The number of hydrogen-bond acceptors (Lipinski definition) is 4. The van der Waals surface area contributed by atoms with Crippen molar-refractivity contribution >= 4 is 5.91 Å². The zero-order valence-corrected chi connectivity index (χ0v) is 13.2. The van der Waals surface area contributed by atoms with E-state index in [0.29, 0.717) is 29.8 Å². The first kappa shape index (κ1) is 15.2. The lowest BCUT2D eigenvalue weighted by Crippen LogP contribution is -2.34. The van der Waals surface area contributed by atoms with E-state index in [9.17, 15) is 4.79 Å². The normalized spacial score (nSPS) is 26.9. The number of rotatable bonds is 4. The molecule has 1 aromatic carbocycles. The molecule has 3 unspecified atom stereocenters. The Morgan fingerprint density at radius 1 is 1.23 bits per heavy atom. The average molecular weight is 304 g/mol. The summed E-state index contributed by atoms with van der Waals surface area (Å²) in [5.41, 5.74) is 6.97. The summed E-state index contributed by atoms with van der Waals surface area (Å²) < 4.78 is 10.7. The van der Waals surface area contributed by atoms with E-state index in [0.717, 1.165) is 31.5 Å². The van der Waals surface area contributed by atoms with Crippen LogP contribution in [-0.4, -0.2) is 44.2 Å². The third-order valence-electron chi connectivity index (χ3n) is 5.12. The first-order valence-electron chi connectivity index (χ1n) is 7.87. The van der Waals surface area contributed by atoms with E-state index in [1.165, 1.54) is 0 Å². The second kappa shape index (κ2) is 6.16. The maximum atomic E-state index is 12.7. The molecule has 1 aliphatic carbocycles. The fourth-order valence-electron chi connectivity index (χ4n) is 3.88. The lowest BCUT2D eigenvalue weighted by Gasteiger charge is -2.20. The fourth-order valence-corrected chi connectivity index (χ4v) is 3.88. The number of amides is 1. The summed E-state index contributed by atoms with van der Waals surface area (Å²) in [6, 6.07) is 5.84. The largest absolute Gasteiger partial charge is 0.496 e. The van der Waals surface area contributed by atoms with Gasteiger partial charge in [-0.3, -0.25) is 4.79 Å². The van der Waals surface area contributed by atoms with Gasteiger partial charge in [0, 0.05) is 24.7 Å². The standard InChI is InChI=1S/C17H24N2O3/c1-21-15-4-3-5-16(22-2)12(15)8-17(20)19-9-11-6-7-14(18)13(11)10-19/h3-5,11,13-14H,6-10,18H2,1-2H3. The smallest absolute Gasteiger partial charge is 0.227 e. The van der Waals surface area contributed by atoms with E-state index in [4.69, 9.17) is 15.2 Å². The van der Waals surface area contributed by atoms with Crippen LogP contribution in [0.2, 0.25) is 0 Å². The van der Waals surface area contributed by atoms with E-state index in [-0.39, 0.29) is 11.9 Å². The SMILES string of the molecule is COc1cccc(OC)c1CC(=O)N1CC2CCC(N)C2C1. The van der Waals surface area contributed by atoms with Crippen molar-refractivity contribution < 1.29 is 14.3 Å². The number of benzene rings is 1. The highest BCUT2D eigenvalue weighted by atomic mass is 16.5. The third kappa shape index (κ3) is 2.65. The summed E-state index contributed by atoms with van der Waals surface area (Å²) in [4.78, 5) is 14.6. The van der Waals surface area contributed by atoms with Gasteiger partial charge in [0.15, 0.2) is 0 Å². The predicted molar refractivity (Wildman–Crippen MR) is 84.0 cm³/mol. The summed E-state index contributed by atoms with van der Waals surface area (Å²) >= 11 is 0. The summed E-state index contributed by atoms with van der Waals surface area (Å²) in [6.07, 6.45) is 2.55. The molecule has 1 aliphatic heterocycles. The van der Waals surface area contributed by atoms with E-state index in [2.05, 4.69) is 0 Å². The van der Waals surface area contributed by atoms with Gasteiger partial charge in [-0.25, -0.2) is 0 Å². The molecule has 3 atom stereocenters. The van der Waals surface area contributed by atoms with Crippen molar-refractivity contribution in [2.75, 3.05) is 27.3 Å². The van der Waals surface area contributed by atoms with Crippen LogP contribution in [0.15, 0.2) is 18.2 Å². The Balaban J connectivity index is 1.73. The number of carbonyl (C=O) groups is 1. The summed E-state index contributed by atoms with van der Waals surface area (Å²) in [5, 5.41) is 0. The van der Waals surface area contributed by atoms with Crippen LogP contribution in [0.3, 0.4) is 0 Å². The van der Waals surface area contributed by atoms with Crippen molar-refractivity contribution in [1.82, 2.24) is 4.90 Å². The van der Waals surface area contributed by atoms with Crippen LogP contribution in [0, 0.1) is 11.8 Å². The van der Waals surface area contributed by atoms with Gasteiger partial charge < -0.3 is 20.1 Å². The minimum atomic E-state index is 0.129. The predicted octanol–water partition coefficient (Wildman–Crippen LogP) is 1.44. The Bertz CT molecular complexity index is 539. The molecule has 1 saturated heterocycles. The van der Waals surface area contributed by atoms with Crippen molar-refractivity contribution in [2.24, 2.45) is 17.6 Å². The number of fused-ring (bicyclic) bond motifs is 1. The minimum Gasteiger partial charge on any atom is -0.496 e. The summed E-state index contributed by atoms with van der Waals surface area (Å²) in [5.74, 6) is 2.58. The molecule has 2 N–H and O–H groups in total.